The zero-order valence-electron chi connectivity index (χ0n) is 10.7. The van der Waals surface area contributed by atoms with Crippen LogP contribution in [-0.2, 0) is 0 Å². The molecule has 2 heterocycles. The van der Waals surface area contributed by atoms with E-state index >= 15 is 0 Å². The second kappa shape index (κ2) is 5.63. The number of aromatic amines is 1. The molecule has 4 nitrogen and oxygen atoms in total. The van der Waals surface area contributed by atoms with Gasteiger partial charge in [-0.15, -0.1) is 12.4 Å². The molecule has 0 saturated carbocycles. The van der Waals surface area contributed by atoms with E-state index in [1.54, 1.807) is 6.20 Å². The number of hydrogen-bond donors (Lipinski definition) is 2. The van der Waals surface area contributed by atoms with Gasteiger partial charge in [0.25, 0.3) is 5.56 Å². The lowest BCUT2D eigenvalue weighted by atomic mass is 10.1. The largest absolute Gasteiger partial charge is 0.489 e. The van der Waals surface area contributed by atoms with E-state index in [1.165, 1.54) is 0 Å². The van der Waals surface area contributed by atoms with E-state index in [-0.39, 0.29) is 24.1 Å². The number of hydrogen-bond acceptors (Lipinski definition) is 3. The number of fused-ring (bicyclic) bond motifs is 1. The van der Waals surface area contributed by atoms with Gasteiger partial charge in [0, 0.05) is 18.1 Å². The van der Waals surface area contributed by atoms with Crippen LogP contribution in [0.4, 0.5) is 0 Å². The van der Waals surface area contributed by atoms with Gasteiger partial charge >= 0.3 is 0 Å². The molecule has 0 bridgehead atoms. The zero-order valence-corrected chi connectivity index (χ0v) is 11.5. The molecule has 1 aliphatic rings. The summed E-state index contributed by atoms with van der Waals surface area (Å²) in [6.07, 6.45) is 2.94. The number of H-pyrrole nitrogens is 1. The highest BCUT2D eigenvalue weighted by Crippen LogP contribution is 2.25. The van der Waals surface area contributed by atoms with Crippen molar-refractivity contribution < 1.29 is 4.74 Å². The fraction of sp³-hybridized carbons (Fsp3) is 0.357. The molecule has 0 radical (unpaired) electrons. The average Bonchev–Trinajstić information content (AvgIpc) is 2.84. The highest BCUT2D eigenvalue weighted by atomic mass is 35.5. The van der Waals surface area contributed by atoms with Crippen molar-refractivity contribution in [2.24, 2.45) is 0 Å². The fourth-order valence-corrected chi connectivity index (χ4v) is 2.36. The van der Waals surface area contributed by atoms with Crippen LogP contribution in [0, 0.1) is 6.92 Å². The Bertz CT molecular complexity index is 633. The summed E-state index contributed by atoms with van der Waals surface area (Å²) in [5, 5.41) is 4.91. The molecule has 19 heavy (non-hydrogen) atoms. The van der Waals surface area contributed by atoms with Gasteiger partial charge in [0.05, 0.1) is 0 Å². The zero-order chi connectivity index (χ0) is 12.5. The van der Waals surface area contributed by atoms with Crippen molar-refractivity contribution in [2.75, 3.05) is 13.1 Å². The van der Waals surface area contributed by atoms with Crippen molar-refractivity contribution in [3.63, 3.8) is 0 Å². The molecule has 1 aromatic carbocycles. The number of rotatable bonds is 2. The molecule has 1 saturated heterocycles. The second-order valence-corrected chi connectivity index (χ2v) is 4.74. The Labute approximate surface area is 117 Å². The van der Waals surface area contributed by atoms with Crippen LogP contribution >= 0.6 is 12.4 Å². The molecule has 0 aliphatic carbocycles. The first-order valence-electron chi connectivity index (χ1n) is 6.23. The minimum absolute atomic E-state index is 0. The fourth-order valence-electron chi connectivity index (χ4n) is 2.36. The summed E-state index contributed by atoms with van der Waals surface area (Å²) in [5.41, 5.74) is 0.954. The molecule has 1 aliphatic heterocycles. The number of pyridine rings is 1. The number of nitrogens with one attached hydrogen (secondary N) is 2. The maximum absolute atomic E-state index is 11.7. The highest BCUT2D eigenvalue weighted by Gasteiger charge is 2.17. The van der Waals surface area contributed by atoms with E-state index in [2.05, 4.69) is 10.3 Å². The Hall–Kier alpha value is -1.52. The summed E-state index contributed by atoms with van der Waals surface area (Å²) in [5.74, 6) is 0.877. The minimum Gasteiger partial charge on any atom is -0.489 e. The van der Waals surface area contributed by atoms with Gasteiger partial charge in [-0.05, 0) is 49.0 Å². The van der Waals surface area contributed by atoms with Crippen molar-refractivity contribution in [3.8, 4) is 5.75 Å². The Morgan fingerprint density at radius 2 is 2.21 bits per heavy atom. The van der Waals surface area contributed by atoms with Crippen LogP contribution < -0.4 is 15.6 Å². The molecule has 1 fully saturated rings. The predicted octanol–water partition coefficient (Wildman–Crippen LogP) is 2.00. The van der Waals surface area contributed by atoms with Crippen LogP contribution in [0.5, 0.6) is 5.75 Å². The van der Waals surface area contributed by atoms with Crippen LogP contribution in [0.1, 0.15) is 12.0 Å². The molecule has 0 amide bonds. The molecule has 1 aromatic heterocycles. The van der Waals surface area contributed by atoms with Gasteiger partial charge in [-0.2, -0.15) is 0 Å². The van der Waals surface area contributed by atoms with E-state index in [0.717, 1.165) is 36.2 Å². The average molecular weight is 281 g/mol. The maximum atomic E-state index is 11.7. The monoisotopic (exact) mass is 280 g/mol. The second-order valence-electron chi connectivity index (χ2n) is 4.74. The topological polar surface area (TPSA) is 54.1 Å². The quantitative estimate of drug-likeness (QED) is 0.885. The summed E-state index contributed by atoms with van der Waals surface area (Å²) in [6, 6.07) is 5.75. The van der Waals surface area contributed by atoms with E-state index in [4.69, 9.17) is 4.74 Å². The number of ether oxygens (including phenoxy) is 1. The van der Waals surface area contributed by atoms with Gasteiger partial charge < -0.3 is 15.0 Å². The number of aromatic nitrogens is 1. The van der Waals surface area contributed by atoms with Crippen molar-refractivity contribution in [1.82, 2.24) is 10.3 Å². The smallest absolute Gasteiger partial charge is 0.255 e. The Kier molecular flexibility index (Phi) is 4.12. The summed E-state index contributed by atoms with van der Waals surface area (Å²) in [4.78, 5) is 14.4. The lowest BCUT2D eigenvalue weighted by Gasteiger charge is -2.15. The Morgan fingerprint density at radius 1 is 1.37 bits per heavy atom. The SMILES string of the molecule is Cc1cc2c(=O)[nH]ccc2cc1O[C@H]1CCNC1.Cl. The van der Waals surface area contributed by atoms with Gasteiger partial charge in [0.2, 0.25) is 0 Å². The molecule has 0 spiro atoms. The van der Waals surface area contributed by atoms with Crippen molar-refractivity contribution >= 4 is 23.2 Å². The third-order valence-electron chi connectivity index (χ3n) is 3.38. The van der Waals surface area contributed by atoms with Gasteiger partial charge in [0.1, 0.15) is 11.9 Å². The Balaban J connectivity index is 0.00000133. The Morgan fingerprint density at radius 3 is 2.95 bits per heavy atom. The van der Waals surface area contributed by atoms with Crippen LogP contribution in [0.2, 0.25) is 0 Å². The molecular formula is C14H17ClN2O2. The van der Waals surface area contributed by atoms with Gasteiger partial charge in [-0.1, -0.05) is 0 Å². The normalized spacial score (nSPS) is 18.3. The van der Waals surface area contributed by atoms with E-state index in [1.807, 2.05) is 25.1 Å². The molecule has 2 N–H and O–H groups in total. The maximum Gasteiger partial charge on any atom is 0.255 e. The van der Waals surface area contributed by atoms with Crippen LogP contribution in [0.3, 0.4) is 0 Å². The van der Waals surface area contributed by atoms with Crippen molar-refractivity contribution in [1.29, 1.82) is 0 Å². The summed E-state index contributed by atoms with van der Waals surface area (Å²) < 4.78 is 5.98. The third kappa shape index (κ3) is 2.74. The van der Waals surface area contributed by atoms with Gasteiger partial charge in [0.15, 0.2) is 0 Å². The molecule has 102 valence electrons. The lowest BCUT2D eigenvalue weighted by molar-refractivity contribution is 0.222. The lowest BCUT2D eigenvalue weighted by Crippen LogP contribution is -2.20. The summed E-state index contributed by atoms with van der Waals surface area (Å²) in [6.45, 7) is 3.88. The van der Waals surface area contributed by atoms with E-state index in [0.29, 0.717) is 5.39 Å². The number of benzene rings is 1. The highest BCUT2D eigenvalue weighted by molar-refractivity contribution is 5.85. The molecule has 1 atom stereocenters. The van der Waals surface area contributed by atoms with E-state index < -0.39 is 0 Å². The molecular weight excluding hydrogens is 264 g/mol. The summed E-state index contributed by atoms with van der Waals surface area (Å²) in [7, 11) is 0. The third-order valence-corrected chi connectivity index (χ3v) is 3.38. The van der Waals surface area contributed by atoms with Gasteiger partial charge in [-0.3, -0.25) is 4.79 Å². The number of halogens is 1. The van der Waals surface area contributed by atoms with Crippen molar-refractivity contribution in [2.45, 2.75) is 19.4 Å². The standard InChI is InChI=1S/C14H16N2O2.ClH/c1-9-6-12-10(2-5-16-14(12)17)7-13(9)18-11-3-4-15-8-11;/h2,5-7,11,15H,3-4,8H2,1H3,(H,16,17);1H/t11-;/m0./s1. The predicted molar refractivity (Wildman–Crippen MR) is 78.5 cm³/mol. The molecule has 5 heteroatoms. The minimum atomic E-state index is -0.0512. The first-order valence-corrected chi connectivity index (χ1v) is 6.23. The van der Waals surface area contributed by atoms with Crippen LogP contribution in [-0.4, -0.2) is 24.2 Å². The molecule has 0 unspecified atom stereocenters. The molecule has 2 aromatic rings. The summed E-state index contributed by atoms with van der Waals surface area (Å²) >= 11 is 0. The van der Waals surface area contributed by atoms with Crippen molar-refractivity contribution in [3.05, 3.63) is 40.3 Å². The van der Waals surface area contributed by atoms with Crippen LogP contribution in [0.15, 0.2) is 29.2 Å². The first kappa shape index (κ1) is 13.9. The van der Waals surface area contributed by atoms with Gasteiger partial charge in [-0.25, -0.2) is 0 Å². The number of aryl methyl sites for hydroxylation is 1. The van der Waals surface area contributed by atoms with E-state index in [9.17, 15) is 4.79 Å². The molecule has 3 rings (SSSR count). The van der Waals surface area contributed by atoms with Crippen LogP contribution in [0.25, 0.3) is 10.8 Å². The first-order chi connectivity index (χ1) is 8.74.